The summed E-state index contributed by atoms with van der Waals surface area (Å²) in [7, 11) is 4.75. The normalized spacial score (nSPS) is 11.3. The number of hydrogen-bond acceptors (Lipinski definition) is 7. The molecule has 168 valence electrons. The van der Waals surface area contributed by atoms with Crippen LogP contribution in [0.4, 0.5) is 0 Å². The monoisotopic (exact) mass is 567 g/mol. The van der Waals surface area contributed by atoms with Gasteiger partial charge in [-0.25, -0.2) is 4.79 Å². The standard InChI is InChI=1S/C22H22IN3O5S/c1-5-26-20(14-10-15(29-2)12-16(11-14)30-3)24-25-22(26)32-19(21(27)28)9-13-6-7-18(31-4)17(23)8-13/h6-12H,5H2,1-4H3,(H,27,28)/b19-9-. The number of methoxy groups -OCH3 is 3. The molecule has 1 heterocycles. The summed E-state index contributed by atoms with van der Waals surface area (Å²) in [6.07, 6.45) is 1.61. The average Bonchev–Trinajstić information content (AvgIpc) is 3.20. The molecule has 0 radical (unpaired) electrons. The molecule has 1 aromatic heterocycles. The molecule has 32 heavy (non-hydrogen) atoms. The number of halogens is 1. The van der Waals surface area contributed by atoms with Gasteiger partial charge in [-0.2, -0.15) is 0 Å². The predicted octanol–water partition coefficient (Wildman–Crippen LogP) is 4.81. The first kappa shape index (κ1) is 23.9. The van der Waals surface area contributed by atoms with Crippen LogP contribution in [0.15, 0.2) is 46.5 Å². The van der Waals surface area contributed by atoms with E-state index in [-0.39, 0.29) is 4.91 Å². The number of benzene rings is 2. The molecule has 0 fully saturated rings. The van der Waals surface area contributed by atoms with E-state index >= 15 is 0 Å². The molecule has 0 aliphatic carbocycles. The molecule has 8 nitrogen and oxygen atoms in total. The Morgan fingerprint density at radius 2 is 1.78 bits per heavy atom. The highest BCUT2D eigenvalue weighted by Gasteiger charge is 2.19. The smallest absolute Gasteiger partial charge is 0.342 e. The molecule has 0 aliphatic rings. The number of aromatic nitrogens is 3. The SMILES string of the molecule is CCn1c(S/C(=C\c2ccc(OC)c(I)c2)C(=O)O)nnc1-c1cc(OC)cc(OC)c1. The number of carboxylic acids is 1. The van der Waals surface area contributed by atoms with Crippen molar-refractivity contribution in [1.29, 1.82) is 0 Å². The van der Waals surface area contributed by atoms with Gasteiger partial charge in [0.1, 0.15) is 22.2 Å². The van der Waals surface area contributed by atoms with Crippen molar-refractivity contribution in [2.24, 2.45) is 0 Å². The quantitative estimate of drug-likeness (QED) is 0.224. The topological polar surface area (TPSA) is 95.7 Å². The van der Waals surface area contributed by atoms with Gasteiger partial charge in [0.25, 0.3) is 0 Å². The van der Waals surface area contributed by atoms with Crippen LogP contribution in [-0.4, -0.2) is 47.2 Å². The second-order valence-corrected chi connectivity index (χ2v) is 8.63. The van der Waals surface area contributed by atoms with Gasteiger partial charge in [-0.3, -0.25) is 0 Å². The Morgan fingerprint density at radius 1 is 1.09 bits per heavy atom. The minimum atomic E-state index is -1.05. The van der Waals surface area contributed by atoms with Crippen LogP contribution >= 0.6 is 34.4 Å². The Labute approximate surface area is 203 Å². The molecule has 0 saturated carbocycles. The lowest BCUT2D eigenvalue weighted by molar-refractivity contribution is -0.131. The average molecular weight is 567 g/mol. The second-order valence-electron chi connectivity index (χ2n) is 6.46. The van der Waals surface area contributed by atoms with Crippen LogP contribution in [0.5, 0.6) is 17.2 Å². The van der Waals surface area contributed by atoms with Crippen LogP contribution in [0.3, 0.4) is 0 Å². The van der Waals surface area contributed by atoms with E-state index in [2.05, 4.69) is 32.8 Å². The van der Waals surface area contributed by atoms with Crippen molar-refractivity contribution in [2.45, 2.75) is 18.6 Å². The zero-order chi connectivity index (χ0) is 23.3. The van der Waals surface area contributed by atoms with E-state index in [9.17, 15) is 9.90 Å². The van der Waals surface area contributed by atoms with Crippen LogP contribution in [-0.2, 0) is 11.3 Å². The third-order valence-electron chi connectivity index (χ3n) is 4.53. The molecule has 1 N–H and O–H groups in total. The van der Waals surface area contributed by atoms with Crippen molar-refractivity contribution in [3.63, 3.8) is 0 Å². The van der Waals surface area contributed by atoms with Gasteiger partial charge >= 0.3 is 5.97 Å². The van der Waals surface area contributed by atoms with Gasteiger partial charge in [-0.1, -0.05) is 6.07 Å². The fourth-order valence-corrected chi connectivity index (χ4v) is 4.60. The van der Waals surface area contributed by atoms with E-state index < -0.39 is 5.97 Å². The summed E-state index contributed by atoms with van der Waals surface area (Å²) in [6, 6.07) is 10.9. The summed E-state index contributed by atoms with van der Waals surface area (Å²) in [5, 5.41) is 18.8. The maximum Gasteiger partial charge on any atom is 0.342 e. The van der Waals surface area contributed by atoms with Crippen molar-refractivity contribution in [3.8, 4) is 28.6 Å². The van der Waals surface area contributed by atoms with Gasteiger partial charge < -0.3 is 23.9 Å². The molecule has 0 bridgehead atoms. The van der Waals surface area contributed by atoms with Crippen LogP contribution in [0.2, 0.25) is 0 Å². The number of thioether (sulfide) groups is 1. The third kappa shape index (κ3) is 5.36. The number of rotatable bonds is 9. The van der Waals surface area contributed by atoms with E-state index in [0.717, 1.165) is 32.2 Å². The lowest BCUT2D eigenvalue weighted by Crippen LogP contribution is -2.03. The van der Waals surface area contributed by atoms with Crippen molar-refractivity contribution in [3.05, 3.63) is 50.4 Å². The lowest BCUT2D eigenvalue weighted by atomic mass is 10.2. The largest absolute Gasteiger partial charge is 0.497 e. The highest BCUT2D eigenvalue weighted by atomic mass is 127. The zero-order valence-electron chi connectivity index (χ0n) is 18.0. The molecule has 0 spiro atoms. The van der Waals surface area contributed by atoms with Gasteiger partial charge in [0.15, 0.2) is 11.0 Å². The molecular formula is C22H22IN3O5S. The fourth-order valence-electron chi connectivity index (χ4n) is 2.96. The highest BCUT2D eigenvalue weighted by Crippen LogP contribution is 2.34. The summed E-state index contributed by atoms with van der Waals surface area (Å²) < 4.78 is 18.7. The number of nitrogens with zero attached hydrogens (tertiary/aromatic N) is 3. The second kappa shape index (κ2) is 10.7. The Hall–Kier alpha value is -2.73. The third-order valence-corrected chi connectivity index (χ3v) is 6.37. The predicted molar refractivity (Wildman–Crippen MR) is 131 cm³/mol. The Bertz CT molecular complexity index is 1140. The minimum Gasteiger partial charge on any atom is -0.497 e. The summed E-state index contributed by atoms with van der Waals surface area (Å²) >= 11 is 3.20. The number of carboxylic acid groups (broad SMARTS) is 1. The number of aliphatic carboxylic acids is 1. The van der Waals surface area contributed by atoms with Gasteiger partial charge in [-0.05, 0) is 77.2 Å². The van der Waals surface area contributed by atoms with E-state index in [0.29, 0.717) is 29.0 Å². The Kier molecular flexibility index (Phi) is 8.02. The van der Waals surface area contributed by atoms with Crippen molar-refractivity contribution in [1.82, 2.24) is 14.8 Å². The van der Waals surface area contributed by atoms with Gasteiger partial charge in [0, 0.05) is 18.2 Å². The lowest BCUT2D eigenvalue weighted by Gasteiger charge is -2.10. The number of carbonyl (C=O) groups is 1. The maximum absolute atomic E-state index is 12.0. The summed E-state index contributed by atoms with van der Waals surface area (Å²) in [5.74, 6) is 1.53. The van der Waals surface area contributed by atoms with Gasteiger partial charge in [-0.15, -0.1) is 10.2 Å². The molecule has 3 aromatic rings. The molecule has 0 saturated heterocycles. The first-order valence-electron chi connectivity index (χ1n) is 9.53. The molecule has 2 aromatic carbocycles. The van der Waals surface area contributed by atoms with Gasteiger partial charge in [0.05, 0.1) is 24.9 Å². The highest BCUT2D eigenvalue weighted by molar-refractivity contribution is 14.1. The van der Waals surface area contributed by atoms with Crippen molar-refractivity contribution in [2.75, 3.05) is 21.3 Å². The molecular weight excluding hydrogens is 545 g/mol. The van der Waals surface area contributed by atoms with E-state index in [1.54, 1.807) is 39.5 Å². The fraction of sp³-hybridized carbons (Fsp3) is 0.227. The Balaban J connectivity index is 1.99. The first-order valence-corrected chi connectivity index (χ1v) is 11.4. The molecule has 0 amide bonds. The molecule has 0 aliphatic heterocycles. The van der Waals surface area contributed by atoms with Crippen molar-refractivity contribution >= 4 is 46.4 Å². The molecule has 10 heteroatoms. The van der Waals surface area contributed by atoms with E-state index in [1.807, 2.05) is 35.8 Å². The number of ether oxygens (including phenoxy) is 3. The maximum atomic E-state index is 12.0. The minimum absolute atomic E-state index is 0.128. The zero-order valence-corrected chi connectivity index (χ0v) is 20.9. The van der Waals surface area contributed by atoms with Crippen LogP contribution < -0.4 is 14.2 Å². The van der Waals surface area contributed by atoms with Crippen LogP contribution in [0.25, 0.3) is 17.5 Å². The molecule has 3 rings (SSSR count). The van der Waals surface area contributed by atoms with E-state index in [1.165, 1.54) is 0 Å². The summed E-state index contributed by atoms with van der Waals surface area (Å²) in [4.78, 5) is 12.1. The first-order chi connectivity index (χ1) is 15.4. The van der Waals surface area contributed by atoms with Crippen molar-refractivity contribution < 1.29 is 24.1 Å². The summed E-state index contributed by atoms with van der Waals surface area (Å²) in [5.41, 5.74) is 1.51. The van der Waals surface area contributed by atoms with E-state index in [4.69, 9.17) is 14.2 Å². The van der Waals surface area contributed by atoms with Crippen LogP contribution in [0, 0.1) is 3.57 Å². The summed E-state index contributed by atoms with van der Waals surface area (Å²) in [6.45, 7) is 2.50. The van der Waals surface area contributed by atoms with Crippen LogP contribution in [0.1, 0.15) is 12.5 Å². The molecule has 0 atom stereocenters. The molecule has 0 unspecified atom stereocenters. The van der Waals surface area contributed by atoms with Gasteiger partial charge in [0.2, 0.25) is 0 Å². The number of hydrogen-bond donors (Lipinski definition) is 1. The Morgan fingerprint density at radius 3 is 2.31 bits per heavy atom.